The van der Waals surface area contributed by atoms with Gasteiger partial charge in [-0.1, -0.05) is 18.2 Å². The van der Waals surface area contributed by atoms with E-state index in [0.29, 0.717) is 13.0 Å². The van der Waals surface area contributed by atoms with Gasteiger partial charge in [-0.2, -0.15) is 0 Å². The number of fused-ring (bicyclic) bond motifs is 1. The van der Waals surface area contributed by atoms with Crippen molar-refractivity contribution < 1.29 is 22.0 Å². The minimum absolute atomic E-state index is 0.0952. The fourth-order valence-corrected chi connectivity index (χ4v) is 3.69. The summed E-state index contributed by atoms with van der Waals surface area (Å²) in [6.45, 7) is -0.0359. The average molecular weight is 366 g/mol. The number of halogens is 2. The van der Waals surface area contributed by atoms with Crippen molar-refractivity contribution in [1.82, 2.24) is 0 Å². The maximum atomic E-state index is 13.5. The van der Waals surface area contributed by atoms with Crippen molar-refractivity contribution in [2.75, 3.05) is 28.6 Å². The second-order valence-electron chi connectivity index (χ2n) is 5.79. The molecule has 0 bridgehead atoms. The second-order valence-corrected chi connectivity index (χ2v) is 7.70. The number of carbonyl (C=O) groups is 1. The molecule has 0 spiro atoms. The lowest BCUT2D eigenvalue weighted by Crippen LogP contribution is -2.42. The number of hydrogen-bond donors (Lipinski definition) is 0. The molecule has 132 valence electrons. The Bertz CT molecular complexity index is 931. The van der Waals surface area contributed by atoms with E-state index in [9.17, 15) is 22.0 Å². The van der Waals surface area contributed by atoms with Gasteiger partial charge < -0.3 is 4.90 Å². The summed E-state index contributed by atoms with van der Waals surface area (Å²) in [6.07, 6.45) is 1.60. The summed E-state index contributed by atoms with van der Waals surface area (Å²) in [5.41, 5.74) is 1.66. The number of sulfonamides is 1. The monoisotopic (exact) mass is 366 g/mol. The normalized spacial score (nSPS) is 13.6. The molecule has 0 saturated heterocycles. The number of hydrogen-bond acceptors (Lipinski definition) is 3. The fourth-order valence-electron chi connectivity index (χ4n) is 2.85. The van der Waals surface area contributed by atoms with Gasteiger partial charge in [0.2, 0.25) is 15.9 Å². The minimum Gasteiger partial charge on any atom is -0.310 e. The van der Waals surface area contributed by atoms with Gasteiger partial charge in [0.1, 0.15) is 6.54 Å². The highest BCUT2D eigenvalue weighted by atomic mass is 32.2. The van der Waals surface area contributed by atoms with Gasteiger partial charge in [0.15, 0.2) is 11.6 Å². The standard InChI is InChI=1S/C17H16F2N2O3S/c1-25(23,24)21(13-6-7-14(18)15(19)10-13)11-17(22)20-9-8-12-4-2-3-5-16(12)20/h2-7,10H,8-9,11H2,1H3. The quantitative estimate of drug-likeness (QED) is 0.834. The van der Waals surface area contributed by atoms with E-state index in [0.717, 1.165) is 40.0 Å². The van der Waals surface area contributed by atoms with Crippen LogP contribution in [0.4, 0.5) is 20.2 Å². The predicted molar refractivity (Wildman–Crippen MR) is 91.0 cm³/mol. The van der Waals surface area contributed by atoms with E-state index >= 15 is 0 Å². The number of anilines is 2. The third kappa shape index (κ3) is 3.48. The lowest BCUT2D eigenvalue weighted by molar-refractivity contribution is -0.117. The van der Waals surface area contributed by atoms with Crippen molar-refractivity contribution in [3.63, 3.8) is 0 Å². The molecule has 0 aromatic heterocycles. The van der Waals surface area contributed by atoms with Crippen LogP contribution in [-0.2, 0) is 21.2 Å². The average Bonchev–Trinajstić information content (AvgIpc) is 2.98. The first-order chi connectivity index (χ1) is 11.8. The Hall–Kier alpha value is -2.48. The Balaban J connectivity index is 1.89. The maximum Gasteiger partial charge on any atom is 0.247 e. The molecule has 1 aliphatic rings. The topological polar surface area (TPSA) is 57.7 Å². The van der Waals surface area contributed by atoms with Crippen LogP contribution in [0.25, 0.3) is 0 Å². The second kappa shape index (κ2) is 6.44. The van der Waals surface area contributed by atoms with Gasteiger partial charge in [0.25, 0.3) is 0 Å². The van der Waals surface area contributed by atoms with E-state index in [-0.39, 0.29) is 5.69 Å². The molecule has 1 aliphatic heterocycles. The third-order valence-corrected chi connectivity index (χ3v) is 5.20. The highest BCUT2D eigenvalue weighted by molar-refractivity contribution is 7.92. The van der Waals surface area contributed by atoms with Crippen LogP contribution in [0.5, 0.6) is 0 Å². The van der Waals surface area contributed by atoms with E-state index < -0.39 is 34.1 Å². The molecule has 2 aromatic carbocycles. The van der Waals surface area contributed by atoms with Crippen LogP contribution in [0.15, 0.2) is 42.5 Å². The fraction of sp³-hybridized carbons (Fsp3) is 0.235. The van der Waals surface area contributed by atoms with Crippen LogP contribution in [-0.4, -0.2) is 33.7 Å². The number of para-hydroxylation sites is 1. The van der Waals surface area contributed by atoms with Gasteiger partial charge in [-0.3, -0.25) is 9.10 Å². The van der Waals surface area contributed by atoms with Gasteiger partial charge in [-0.25, -0.2) is 17.2 Å². The van der Waals surface area contributed by atoms with Gasteiger partial charge in [0.05, 0.1) is 11.9 Å². The van der Waals surface area contributed by atoms with Crippen LogP contribution in [0, 0.1) is 11.6 Å². The van der Waals surface area contributed by atoms with Crippen LogP contribution < -0.4 is 9.21 Å². The molecular formula is C17H16F2N2O3S. The molecule has 0 radical (unpaired) electrons. The lowest BCUT2D eigenvalue weighted by atomic mass is 10.2. The Morgan fingerprint density at radius 3 is 2.56 bits per heavy atom. The first-order valence-corrected chi connectivity index (χ1v) is 9.43. The van der Waals surface area contributed by atoms with Crippen molar-refractivity contribution in [3.8, 4) is 0 Å². The molecule has 0 atom stereocenters. The van der Waals surface area contributed by atoms with Crippen LogP contribution in [0.1, 0.15) is 5.56 Å². The molecule has 0 aliphatic carbocycles. The molecule has 1 heterocycles. The van der Waals surface area contributed by atoms with Crippen LogP contribution in [0.2, 0.25) is 0 Å². The molecule has 5 nitrogen and oxygen atoms in total. The largest absolute Gasteiger partial charge is 0.310 e. The molecule has 1 amide bonds. The molecule has 0 unspecified atom stereocenters. The van der Waals surface area contributed by atoms with E-state index in [1.54, 1.807) is 12.1 Å². The highest BCUT2D eigenvalue weighted by Crippen LogP contribution is 2.28. The molecule has 25 heavy (non-hydrogen) atoms. The van der Waals surface area contributed by atoms with Crippen LogP contribution in [0.3, 0.4) is 0 Å². The lowest BCUT2D eigenvalue weighted by Gasteiger charge is -2.25. The number of nitrogens with zero attached hydrogens (tertiary/aromatic N) is 2. The summed E-state index contributed by atoms with van der Waals surface area (Å²) in [4.78, 5) is 14.1. The molecular weight excluding hydrogens is 350 g/mol. The first-order valence-electron chi connectivity index (χ1n) is 7.58. The van der Waals surface area contributed by atoms with Crippen molar-refractivity contribution in [1.29, 1.82) is 0 Å². The minimum atomic E-state index is -3.85. The Morgan fingerprint density at radius 1 is 1.16 bits per heavy atom. The Kier molecular flexibility index (Phi) is 4.47. The number of amides is 1. The zero-order valence-corrected chi connectivity index (χ0v) is 14.3. The molecule has 3 rings (SSSR count). The number of benzene rings is 2. The number of rotatable bonds is 4. The van der Waals surface area contributed by atoms with Gasteiger partial charge >= 0.3 is 0 Å². The maximum absolute atomic E-state index is 13.5. The van der Waals surface area contributed by atoms with Gasteiger partial charge in [-0.15, -0.1) is 0 Å². The van der Waals surface area contributed by atoms with Gasteiger partial charge in [-0.05, 0) is 30.2 Å². The molecule has 8 heteroatoms. The van der Waals surface area contributed by atoms with E-state index in [1.165, 1.54) is 4.90 Å². The zero-order chi connectivity index (χ0) is 18.2. The van der Waals surface area contributed by atoms with Crippen molar-refractivity contribution >= 4 is 27.3 Å². The van der Waals surface area contributed by atoms with Crippen molar-refractivity contribution in [3.05, 3.63) is 59.7 Å². The Labute approximate surface area is 144 Å². The molecule has 0 fully saturated rings. The predicted octanol–water partition coefficient (Wildman–Crippen LogP) is 2.32. The van der Waals surface area contributed by atoms with E-state index in [1.807, 2.05) is 12.1 Å². The van der Waals surface area contributed by atoms with E-state index in [2.05, 4.69) is 0 Å². The van der Waals surface area contributed by atoms with E-state index in [4.69, 9.17) is 0 Å². The smallest absolute Gasteiger partial charge is 0.247 e. The van der Waals surface area contributed by atoms with Crippen LogP contribution >= 0.6 is 0 Å². The first kappa shape index (κ1) is 17.3. The summed E-state index contributed by atoms with van der Waals surface area (Å²) in [5, 5.41) is 0. The summed E-state index contributed by atoms with van der Waals surface area (Å²) in [5.74, 6) is -2.69. The highest BCUT2D eigenvalue weighted by Gasteiger charge is 2.29. The summed E-state index contributed by atoms with van der Waals surface area (Å²) >= 11 is 0. The van der Waals surface area contributed by atoms with Crippen molar-refractivity contribution in [2.45, 2.75) is 6.42 Å². The summed E-state index contributed by atoms with van der Waals surface area (Å²) in [6, 6.07) is 10.1. The third-order valence-electron chi connectivity index (χ3n) is 4.06. The SMILES string of the molecule is CS(=O)(=O)N(CC(=O)N1CCc2ccccc21)c1ccc(F)c(F)c1. The molecule has 0 N–H and O–H groups in total. The Morgan fingerprint density at radius 2 is 1.88 bits per heavy atom. The van der Waals surface area contributed by atoms with Gasteiger partial charge in [0, 0.05) is 18.3 Å². The zero-order valence-electron chi connectivity index (χ0n) is 13.4. The molecule has 0 saturated carbocycles. The number of carbonyl (C=O) groups excluding carboxylic acids is 1. The van der Waals surface area contributed by atoms with Crippen molar-refractivity contribution in [2.24, 2.45) is 0 Å². The summed E-state index contributed by atoms with van der Waals surface area (Å²) < 4.78 is 51.5. The molecule has 2 aromatic rings. The summed E-state index contributed by atoms with van der Waals surface area (Å²) in [7, 11) is -3.85.